The molecule has 2 aromatic rings. The topological polar surface area (TPSA) is 124 Å². The van der Waals surface area contributed by atoms with Crippen LogP contribution in [-0.2, 0) is 4.79 Å². The largest absolute Gasteiger partial charge is 0.481 e. The van der Waals surface area contributed by atoms with Gasteiger partial charge in [0, 0.05) is 6.04 Å². The van der Waals surface area contributed by atoms with Gasteiger partial charge in [0.25, 0.3) is 0 Å². The molecule has 0 radical (unpaired) electrons. The summed E-state index contributed by atoms with van der Waals surface area (Å²) in [6.07, 6.45) is 0. The Labute approximate surface area is 123 Å². The van der Waals surface area contributed by atoms with E-state index < -0.39 is 10.9 Å². The van der Waals surface area contributed by atoms with Crippen molar-refractivity contribution in [1.82, 2.24) is 14.8 Å². The number of carboxylic acid groups (broad SMARTS) is 1. The third kappa shape index (κ3) is 3.21. The van der Waals surface area contributed by atoms with E-state index in [1.807, 2.05) is 13.8 Å². The van der Waals surface area contributed by atoms with Crippen LogP contribution in [0.15, 0.2) is 21.7 Å². The van der Waals surface area contributed by atoms with E-state index in [-0.39, 0.29) is 23.4 Å². The number of hydrogen-bond acceptors (Lipinski definition) is 7. The molecular weight excluding hydrogens is 300 g/mol. The highest BCUT2D eigenvalue weighted by atomic mass is 32.2. The van der Waals surface area contributed by atoms with Crippen LogP contribution in [0.5, 0.6) is 0 Å². The van der Waals surface area contributed by atoms with Crippen LogP contribution in [0.3, 0.4) is 0 Å². The highest BCUT2D eigenvalue weighted by Crippen LogP contribution is 2.30. The van der Waals surface area contributed by atoms with Gasteiger partial charge in [-0.1, -0.05) is 11.8 Å². The molecule has 0 saturated heterocycles. The molecule has 9 nitrogen and oxygen atoms in total. The normalized spacial score (nSPS) is 11.0. The lowest BCUT2D eigenvalue weighted by atomic mass is 10.3. The number of nitrogens with zero attached hydrogens (tertiary/aromatic N) is 4. The van der Waals surface area contributed by atoms with Crippen molar-refractivity contribution in [1.29, 1.82) is 0 Å². The van der Waals surface area contributed by atoms with Gasteiger partial charge in [-0.25, -0.2) is 0 Å². The fourth-order valence-corrected chi connectivity index (χ4v) is 2.47. The van der Waals surface area contributed by atoms with Gasteiger partial charge < -0.3 is 9.52 Å². The highest BCUT2D eigenvalue weighted by Gasteiger charge is 2.22. The lowest BCUT2D eigenvalue weighted by Crippen LogP contribution is -2.06. The molecule has 21 heavy (non-hydrogen) atoms. The van der Waals surface area contributed by atoms with Crippen LogP contribution >= 0.6 is 11.8 Å². The van der Waals surface area contributed by atoms with Crippen molar-refractivity contribution in [3.63, 3.8) is 0 Å². The first-order valence-corrected chi connectivity index (χ1v) is 6.92. The Morgan fingerprint density at radius 2 is 2.24 bits per heavy atom. The van der Waals surface area contributed by atoms with E-state index in [2.05, 4.69) is 10.2 Å². The molecule has 0 unspecified atom stereocenters. The van der Waals surface area contributed by atoms with Crippen molar-refractivity contribution in [3.05, 3.63) is 22.2 Å². The molecule has 0 aliphatic rings. The van der Waals surface area contributed by atoms with E-state index in [0.29, 0.717) is 11.0 Å². The van der Waals surface area contributed by atoms with Crippen molar-refractivity contribution < 1.29 is 19.2 Å². The van der Waals surface area contributed by atoms with Crippen molar-refractivity contribution in [3.8, 4) is 11.6 Å². The second-order valence-electron chi connectivity index (χ2n) is 4.35. The Kier molecular flexibility index (Phi) is 4.26. The summed E-state index contributed by atoms with van der Waals surface area (Å²) in [6, 6.07) is 2.61. The number of thioether (sulfide) groups is 1. The van der Waals surface area contributed by atoms with Gasteiger partial charge in [-0.2, -0.15) is 0 Å². The van der Waals surface area contributed by atoms with Crippen LogP contribution in [0.1, 0.15) is 19.9 Å². The maximum atomic E-state index is 10.6. The molecule has 1 N–H and O–H groups in total. The van der Waals surface area contributed by atoms with Crippen molar-refractivity contribution in [2.24, 2.45) is 0 Å². The third-order valence-electron chi connectivity index (χ3n) is 2.50. The van der Waals surface area contributed by atoms with Gasteiger partial charge in [0.1, 0.15) is 4.92 Å². The Hall–Kier alpha value is -2.36. The maximum Gasteiger partial charge on any atom is 0.433 e. The van der Waals surface area contributed by atoms with Gasteiger partial charge in [0.2, 0.25) is 5.82 Å². The third-order valence-corrected chi connectivity index (χ3v) is 3.43. The van der Waals surface area contributed by atoms with E-state index in [4.69, 9.17) is 9.52 Å². The number of furan rings is 1. The van der Waals surface area contributed by atoms with Crippen LogP contribution < -0.4 is 0 Å². The smallest absolute Gasteiger partial charge is 0.433 e. The Balaban J connectivity index is 2.38. The summed E-state index contributed by atoms with van der Waals surface area (Å²) < 4.78 is 6.79. The van der Waals surface area contributed by atoms with Gasteiger partial charge >= 0.3 is 11.9 Å². The van der Waals surface area contributed by atoms with Crippen LogP contribution in [0.4, 0.5) is 5.88 Å². The van der Waals surface area contributed by atoms with Crippen LogP contribution in [0.25, 0.3) is 11.6 Å². The fraction of sp³-hybridized carbons (Fsp3) is 0.364. The lowest BCUT2D eigenvalue weighted by Gasteiger charge is -2.11. The first kappa shape index (κ1) is 15.0. The minimum Gasteiger partial charge on any atom is -0.481 e. The summed E-state index contributed by atoms with van der Waals surface area (Å²) in [5.41, 5.74) is 0. The molecule has 0 atom stereocenters. The number of carbonyl (C=O) groups is 1. The molecule has 0 amide bonds. The van der Waals surface area contributed by atoms with E-state index in [1.54, 1.807) is 4.57 Å². The van der Waals surface area contributed by atoms with Gasteiger partial charge in [0.05, 0.1) is 11.8 Å². The van der Waals surface area contributed by atoms with E-state index in [9.17, 15) is 14.9 Å². The van der Waals surface area contributed by atoms with Gasteiger partial charge in [-0.15, -0.1) is 10.2 Å². The molecule has 0 bridgehead atoms. The molecule has 10 heteroatoms. The number of nitro groups is 1. The van der Waals surface area contributed by atoms with E-state index >= 15 is 0 Å². The minimum absolute atomic E-state index is 0.0598. The lowest BCUT2D eigenvalue weighted by molar-refractivity contribution is -0.401. The summed E-state index contributed by atoms with van der Waals surface area (Å²) in [5, 5.41) is 27.6. The molecule has 112 valence electrons. The van der Waals surface area contributed by atoms with Crippen LogP contribution in [-0.4, -0.2) is 36.5 Å². The summed E-state index contributed by atoms with van der Waals surface area (Å²) in [7, 11) is 0. The standard InChI is InChI=1S/C11H12N4O5S/c1-6(2)14-10(7-3-4-8(20-7)15(18)19)12-13-11(14)21-5-9(16)17/h3-4,6H,5H2,1-2H3,(H,16,17). The monoisotopic (exact) mass is 312 g/mol. The zero-order valence-electron chi connectivity index (χ0n) is 11.2. The van der Waals surface area contributed by atoms with Crippen molar-refractivity contribution in [2.45, 2.75) is 25.0 Å². The molecule has 0 saturated carbocycles. The molecule has 2 rings (SSSR count). The van der Waals surface area contributed by atoms with Gasteiger partial charge in [0.15, 0.2) is 10.9 Å². The fourth-order valence-electron chi connectivity index (χ4n) is 1.68. The zero-order chi connectivity index (χ0) is 15.6. The van der Waals surface area contributed by atoms with Crippen molar-refractivity contribution in [2.75, 3.05) is 5.75 Å². The summed E-state index contributed by atoms with van der Waals surface area (Å²) in [5.74, 6) is -0.962. The predicted molar refractivity (Wildman–Crippen MR) is 73.1 cm³/mol. The Bertz CT molecular complexity index is 678. The predicted octanol–water partition coefficient (Wildman–Crippen LogP) is 2.20. The molecule has 2 heterocycles. The van der Waals surface area contributed by atoms with E-state index in [0.717, 1.165) is 11.8 Å². The number of aromatic nitrogens is 3. The van der Waals surface area contributed by atoms with E-state index in [1.165, 1.54) is 12.1 Å². The molecule has 0 spiro atoms. The van der Waals surface area contributed by atoms with Gasteiger partial charge in [-0.3, -0.25) is 19.5 Å². The number of aliphatic carboxylic acids is 1. The average Bonchev–Trinajstić information content (AvgIpc) is 3.02. The molecule has 0 aliphatic heterocycles. The zero-order valence-corrected chi connectivity index (χ0v) is 12.0. The SMILES string of the molecule is CC(C)n1c(SCC(=O)O)nnc1-c1ccc([N+](=O)[O-])o1. The Morgan fingerprint density at radius 1 is 1.52 bits per heavy atom. The Morgan fingerprint density at radius 3 is 2.76 bits per heavy atom. The maximum absolute atomic E-state index is 10.6. The van der Waals surface area contributed by atoms with Gasteiger partial charge in [-0.05, 0) is 19.9 Å². The summed E-state index contributed by atoms with van der Waals surface area (Å²) in [6.45, 7) is 3.74. The summed E-state index contributed by atoms with van der Waals surface area (Å²) in [4.78, 5) is 20.6. The number of hydrogen-bond donors (Lipinski definition) is 1. The van der Waals surface area contributed by atoms with Crippen LogP contribution in [0.2, 0.25) is 0 Å². The molecule has 0 aromatic carbocycles. The molecular formula is C11H12N4O5S. The number of carboxylic acids is 1. The second-order valence-corrected chi connectivity index (χ2v) is 5.29. The second kappa shape index (κ2) is 5.95. The average molecular weight is 312 g/mol. The number of rotatable bonds is 6. The van der Waals surface area contributed by atoms with Crippen LogP contribution in [0, 0.1) is 10.1 Å². The highest BCUT2D eigenvalue weighted by molar-refractivity contribution is 7.99. The quantitative estimate of drug-likeness (QED) is 0.489. The summed E-state index contributed by atoms with van der Waals surface area (Å²) >= 11 is 1.03. The first-order valence-electron chi connectivity index (χ1n) is 5.94. The minimum atomic E-state index is -0.964. The van der Waals surface area contributed by atoms with Crippen molar-refractivity contribution >= 4 is 23.6 Å². The molecule has 0 aliphatic carbocycles. The molecule has 2 aromatic heterocycles. The first-order chi connectivity index (χ1) is 9.90. The molecule has 0 fully saturated rings.